The van der Waals surface area contributed by atoms with Crippen molar-refractivity contribution in [2.75, 3.05) is 18.4 Å². The number of ether oxygens (including phenoxy) is 1. The number of amides is 1. The highest BCUT2D eigenvalue weighted by Crippen LogP contribution is 2.26. The van der Waals surface area contributed by atoms with Gasteiger partial charge in [0.25, 0.3) is 15.9 Å². The number of sulfonamides is 1. The second-order valence-corrected chi connectivity index (χ2v) is 6.45. The minimum atomic E-state index is -3.91. The summed E-state index contributed by atoms with van der Waals surface area (Å²) in [5, 5.41) is 2.62. The molecule has 0 aromatic heterocycles. The molecule has 0 fully saturated rings. The van der Waals surface area contributed by atoms with E-state index in [0.29, 0.717) is 0 Å². The van der Waals surface area contributed by atoms with Crippen molar-refractivity contribution in [3.8, 4) is 5.75 Å². The highest BCUT2D eigenvalue weighted by Gasteiger charge is 2.21. The van der Waals surface area contributed by atoms with Gasteiger partial charge in [0.2, 0.25) is 0 Å². The molecular weight excluding hydrogens is 328 g/mol. The largest absolute Gasteiger partial charge is 0.495 e. The molecule has 0 aliphatic carbocycles. The molecule has 2 aromatic carbocycles. The van der Waals surface area contributed by atoms with E-state index in [1.807, 2.05) is 0 Å². The van der Waals surface area contributed by atoms with E-state index in [2.05, 4.69) is 16.6 Å². The molecular formula is C17H18N2O4S. The topological polar surface area (TPSA) is 84.5 Å². The van der Waals surface area contributed by atoms with Gasteiger partial charge in [0.05, 0.1) is 18.4 Å². The Hall–Kier alpha value is -2.80. The smallest absolute Gasteiger partial charge is 0.265 e. The normalized spacial score (nSPS) is 10.7. The minimum absolute atomic E-state index is 0.00574. The number of anilines is 1. The number of hydrogen-bond acceptors (Lipinski definition) is 4. The Morgan fingerprint density at radius 1 is 1.17 bits per heavy atom. The van der Waals surface area contributed by atoms with Crippen LogP contribution >= 0.6 is 0 Å². The van der Waals surface area contributed by atoms with E-state index in [1.165, 1.54) is 19.2 Å². The van der Waals surface area contributed by atoms with Gasteiger partial charge in [-0.3, -0.25) is 9.52 Å². The number of benzene rings is 2. The molecule has 6 nitrogen and oxygen atoms in total. The van der Waals surface area contributed by atoms with Gasteiger partial charge in [0, 0.05) is 6.54 Å². The Morgan fingerprint density at radius 2 is 1.83 bits per heavy atom. The van der Waals surface area contributed by atoms with Gasteiger partial charge in [-0.2, -0.15) is 0 Å². The van der Waals surface area contributed by atoms with Crippen LogP contribution in [0.15, 0.2) is 66.1 Å². The van der Waals surface area contributed by atoms with Crippen LogP contribution in [0.1, 0.15) is 10.4 Å². The minimum Gasteiger partial charge on any atom is -0.495 e. The van der Waals surface area contributed by atoms with E-state index < -0.39 is 15.9 Å². The summed E-state index contributed by atoms with van der Waals surface area (Å²) < 4.78 is 32.8. The molecule has 0 bridgehead atoms. The van der Waals surface area contributed by atoms with E-state index in [1.54, 1.807) is 42.5 Å². The fraction of sp³-hybridized carbons (Fsp3) is 0.118. The predicted molar refractivity (Wildman–Crippen MR) is 92.8 cm³/mol. The van der Waals surface area contributed by atoms with Crippen molar-refractivity contribution >= 4 is 21.6 Å². The summed E-state index contributed by atoms with van der Waals surface area (Å²) in [7, 11) is -2.51. The van der Waals surface area contributed by atoms with E-state index in [4.69, 9.17) is 4.74 Å². The van der Waals surface area contributed by atoms with Crippen molar-refractivity contribution in [2.45, 2.75) is 4.90 Å². The SMILES string of the molecule is C=CCNC(=O)c1ccccc1NS(=O)(=O)c1ccccc1OC. The quantitative estimate of drug-likeness (QED) is 0.754. The molecule has 2 rings (SSSR count). The Balaban J connectivity index is 2.37. The first-order chi connectivity index (χ1) is 11.5. The molecule has 0 spiro atoms. The lowest BCUT2D eigenvalue weighted by Crippen LogP contribution is -2.25. The van der Waals surface area contributed by atoms with Crippen LogP contribution in [0, 0.1) is 0 Å². The molecule has 24 heavy (non-hydrogen) atoms. The Bertz CT molecular complexity index is 847. The third-order valence-electron chi connectivity index (χ3n) is 3.18. The van der Waals surface area contributed by atoms with Gasteiger partial charge in [-0.1, -0.05) is 30.3 Å². The number of carbonyl (C=O) groups is 1. The van der Waals surface area contributed by atoms with E-state index >= 15 is 0 Å². The lowest BCUT2D eigenvalue weighted by atomic mass is 10.1. The van der Waals surface area contributed by atoms with Gasteiger partial charge in [0.1, 0.15) is 10.6 Å². The standard InChI is InChI=1S/C17H18N2O4S/c1-3-12-18-17(20)13-8-4-5-9-14(13)19-24(21,22)16-11-7-6-10-15(16)23-2/h3-11,19H,1,12H2,2H3,(H,18,20). The molecule has 2 aromatic rings. The molecule has 1 amide bonds. The molecule has 0 unspecified atom stereocenters. The summed E-state index contributed by atoms with van der Waals surface area (Å²) >= 11 is 0. The van der Waals surface area contributed by atoms with Crippen LogP contribution in [0.3, 0.4) is 0 Å². The lowest BCUT2D eigenvalue weighted by molar-refractivity contribution is 0.0959. The van der Waals surface area contributed by atoms with Crippen LogP contribution in [0.4, 0.5) is 5.69 Å². The van der Waals surface area contributed by atoms with Crippen LogP contribution in [0.5, 0.6) is 5.75 Å². The lowest BCUT2D eigenvalue weighted by Gasteiger charge is -2.14. The summed E-state index contributed by atoms with van der Waals surface area (Å²) in [6.45, 7) is 3.81. The van der Waals surface area contributed by atoms with E-state index in [9.17, 15) is 13.2 Å². The number of para-hydroxylation sites is 2. The second-order valence-electron chi connectivity index (χ2n) is 4.80. The van der Waals surface area contributed by atoms with E-state index in [0.717, 1.165) is 0 Å². The average molecular weight is 346 g/mol. The molecule has 0 atom stereocenters. The summed E-state index contributed by atoms with van der Waals surface area (Å²) in [4.78, 5) is 12.1. The zero-order chi connectivity index (χ0) is 17.6. The fourth-order valence-corrected chi connectivity index (χ4v) is 3.32. The summed E-state index contributed by atoms with van der Waals surface area (Å²) in [5.41, 5.74) is 0.405. The predicted octanol–water partition coefficient (Wildman–Crippen LogP) is 2.41. The van der Waals surface area contributed by atoms with Gasteiger partial charge < -0.3 is 10.1 Å². The number of carbonyl (C=O) groups excluding carboxylic acids is 1. The third kappa shape index (κ3) is 3.94. The van der Waals surface area contributed by atoms with Crippen LogP contribution in [-0.4, -0.2) is 28.0 Å². The number of rotatable bonds is 7. The van der Waals surface area contributed by atoms with Gasteiger partial charge in [0.15, 0.2) is 0 Å². The monoisotopic (exact) mass is 346 g/mol. The molecule has 2 N–H and O–H groups in total. The summed E-state index contributed by atoms with van der Waals surface area (Å²) in [5.74, 6) is -0.174. The van der Waals surface area contributed by atoms with E-state index in [-0.39, 0.29) is 28.4 Å². The third-order valence-corrected chi connectivity index (χ3v) is 4.59. The molecule has 126 valence electrons. The van der Waals surface area contributed by atoms with Crippen LogP contribution in [-0.2, 0) is 10.0 Å². The van der Waals surface area contributed by atoms with Crippen LogP contribution in [0.2, 0.25) is 0 Å². The summed E-state index contributed by atoms with van der Waals surface area (Å²) in [6, 6.07) is 12.6. The maximum absolute atomic E-state index is 12.6. The average Bonchev–Trinajstić information content (AvgIpc) is 2.59. The van der Waals surface area contributed by atoms with Gasteiger partial charge >= 0.3 is 0 Å². The summed E-state index contributed by atoms with van der Waals surface area (Å²) in [6.07, 6.45) is 1.54. The first-order valence-electron chi connectivity index (χ1n) is 7.13. The number of methoxy groups -OCH3 is 1. The molecule has 7 heteroatoms. The number of hydrogen-bond donors (Lipinski definition) is 2. The van der Waals surface area contributed by atoms with Gasteiger partial charge in [-0.15, -0.1) is 6.58 Å². The van der Waals surface area contributed by atoms with Crippen molar-refractivity contribution in [3.05, 3.63) is 66.7 Å². The van der Waals surface area contributed by atoms with Crippen LogP contribution in [0.25, 0.3) is 0 Å². The van der Waals surface area contributed by atoms with Gasteiger partial charge in [-0.25, -0.2) is 8.42 Å². The maximum Gasteiger partial charge on any atom is 0.265 e. The Kier molecular flexibility index (Phi) is 5.59. The van der Waals surface area contributed by atoms with Crippen molar-refractivity contribution in [2.24, 2.45) is 0 Å². The Labute approximate surface area is 141 Å². The first kappa shape index (κ1) is 17.6. The zero-order valence-electron chi connectivity index (χ0n) is 13.2. The molecule has 0 aliphatic rings. The second kappa shape index (κ2) is 7.65. The van der Waals surface area contributed by atoms with Crippen molar-refractivity contribution < 1.29 is 17.9 Å². The van der Waals surface area contributed by atoms with Crippen molar-refractivity contribution in [3.63, 3.8) is 0 Å². The van der Waals surface area contributed by atoms with Crippen molar-refractivity contribution in [1.29, 1.82) is 0 Å². The Morgan fingerprint density at radius 3 is 2.54 bits per heavy atom. The fourth-order valence-electron chi connectivity index (χ4n) is 2.07. The number of nitrogens with one attached hydrogen (secondary N) is 2. The first-order valence-corrected chi connectivity index (χ1v) is 8.62. The van der Waals surface area contributed by atoms with Gasteiger partial charge in [-0.05, 0) is 24.3 Å². The van der Waals surface area contributed by atoms with Crippen LogP contribution < -0.4 is 14.8 Å². The maximum atomic E-state index is 12.6. The highest BCUT2D eigenvalue weighted by molar-refractivity contribution is 7.92. The zero-order valence-corrected chi connectivity index (χ0v) is 14.0. The van der Waals surface area contributed by atoms with Crippen molar-refractivity contribution in [1.82, 2.24) is 5.32 Å². The molecule has 0 saturated carbocycles. The molecule has 0 aliphatic heterocycles. The highest BCUT2D eigenvalue weighted by atomic mass is 32.2. The molecule has 0 radical (unpaired) electrons. The molecule has 0 heterocycles. The molecule has 0 saturated heterocycles.